The Hall–Kier alpha value is -1.26. The number of hydrogen-bond acceptors (Lipinski definition) is 3. The van der Waals surface area contributed by atoms with Crippen molar-refractivity contribution in [2.24, 2.45) is 0 Å². The van der Waals surface area contributed by atoms with Crippen molar-refractivity contribution in [1.29, 1.82) is 0 Å². The van der Waals surface area contributed by atoms with Crippen LogP contribution in [0.5, 0.6) is 0 Å². The van der Waals surface area contributed by atoms with Gasteiger partial charge in [0.2, 0.25) is 0 Å². The van der Waals surface area contributed by atoms with Crippen LogP contribution in [-0.2, 0) is 19.3 Å². The van der Waals surface area contributed by atoms with Crippen molar-refractivity contribution in [3.63, 3.8) is 0 Å². The number of aromatic nitrogens is 1. The zero-order valence-electron chi connectivity index (χ0n) is 9.40. The van der Waals surface area contributed by atoms with E-state index in [2.05, 4.69) is 4.98 Å². The number of hydrogen-bond donors (Lipinski definition) is 1. The lowest BCUT2D eigenvalue weighted by atomic mass is 10.1. The highest BCUT2D eigenvalue weighted by molar-refractivity contribution is 7.09. The van der Waals surface area contributed by atoms with Crippen LogP contribution >= 0.6 is 11.3 Å². The van der Waals surface area contributed by atoms with Crippen LogP contribution in [0.3, 0.4) is 0 Å². The van der Waals surface area contributed by atoms with E-state index in [0.717, 1.165) is 29.1 Å². The summed E-state index contributed by atoms with van der Waals surface area (Å²) in [6.45, 7) is 0.140. The number of thiazole rings is 1. The second-order valence-corrected chi connectivity index (χ2v) is 4.78. The first-order valence-electron chi connectivity index (χ1n) is 5.56. The van der Waals surface area contributed by atoms with Gasteiger partial charge in [-0.25, -0.2) is 9.37 Å². The largest absolute Gasteiger partial charge is 0.396 e. The van der Waals surface area contributed by atoms with Gasteiger partial charge in [-0.05, 0) is 24.1 Å². The van der Waals surface area contributed by atoms with Gasteiger partial charge in [0.25, 0.3) is 0 Å². The van der Waals surface area contributed by atoms with Gasteiger partial charge >= 0.3 is 0 Å². The third kappa shape index (κ3) is 3.61. The molecule has 4 heteroatoms. The first kappa shape index (κ1) is 12.2. The van der Waals surface area contributed by atoms with Gasteiger partial charge in [0.15, 0.2) is 0 Å². The predicted molar refractivity (Wildman–Crippen MR) is 66.7 cm³/mol. The van der Waals surface area contributed by atoms with E-state index in [1.807, 2.05) is 5.38 Å². The average Bonchev–Trinajstić information content (AvgIpc) is 2.77. The molecule has 90 valence electrons. The third-order valence-corrected chi connectivity index (χ3v) is 3.47. The van der Waals surface area contributed by atoms with E-state index in [-0.39, 0.29) is 12.4 Å². The number of nitrogens with zero attached hydrogens (tertiary/aromatic N) is 1. The summed E-state index contributed by atoms with van der Waals surface area (Å²) in [6.07, 6.45) is 2.35. The fourth-order valence-corrected chi connectivity index (χ4v) is 2.43. The number of rotatable bonds is 5. The molecule has 2 nitrogen and oxygen atoms in total. The van der Waals surface area contributed by atoms with Crippen LogP contribution in [0.15, 0.2) is 29.6 Å². The Bertz CT molecular complexity index is 467. The van der Waals surface area contributed by atoms with Gasteiger partial charge in [-0.3, -0.25) is 0 Å². The molecule has 0 bridgehead atoms. The summed E-state index contributed by atoms with van der Waals surface area (Å²) >= 11 is 1.62. The highest BCUT2D eigenvalue weighted by atomic mass is 32.1. The number of aliphatic hydroxyl groups excluding tert-OH is 1. The maximum Gasteiger partial charge on any atom is 0.123 e. The molecule has 0 saturated heterocycles. The Morgan fingerprint density at radius 2 is 1.88 bits per heavy atom. The van der Waals surface area contributed by atoms with Crippen molar-refractivity contribution in [3.05, 3.63) is 51.7 Å². The minimum absolute atomic E-state index is 0.140. The third-order valence-electron chi connectivity index (χ3n) is 2.51. The molecule has 2 aromatic rings. The molecular weight excluding hydrogens is 237 g/mol. The monoisotopic (exact) mass is 251 g/mol. The van der Waals surface area contributed by atoms with Crippen LogP contribution in [0.4, 0.5) is 4.39 Å². The van der Waals surface area contributed by atoms with Crippen LogP contribution in [0.25, 0.3) is 0 Å². The van der Waals surface area contributed by atoms with Crippen molar-refractivity contribution >= 4 is 11.3 Å². The van der Waals surface area contributed by atoms with Gasteiger partial charge in [0, 0.05) is 24.8 Å². The second kappa shape index (κ2) is 5.89. The summed E-state index contributed by atoms with van der Waals surface area (Å²) in [7, 11) is 0. The molecule has 0 aliphatic heterocycles. The van der Waals surface area contributed by atoms with Crippen LogP contribution in [0.1, 0.15) is 16.3 Å². The van der Waals surface area contributed by atoms with Crippen LogP contribution < -0.4 is 0 Å². The maximum absolute atomic E-state index is 12.7. The Morgan fingerprint density at radius 3 is 2.59 bits per heavy atom. The maximum atomic E-state index is 12.7. The fraction of sp³-hybridized carbons (Fsp3) is 0.308. The number of aliphatic hydroxyl groups is 1. The van der Waals surface area contributed by atoms with Gasteiger partial charge in [-0.2, -0.15) is 0 Å². The molecule has 1 aromatic heterocycles. The van der Waals surface area contributed by atoms with Gasteiger partial charge in [-0.1, -0.05) is 12.1 Å². The van der Waals surface area contributed by atoms with E-state index < -0.39 is 0 Å². The van der Waals surface area contributed by atoms with Crippen molar-refractivity contribution in [3.8, 4) is 0 Å². The van der Waals surface area contributed by atoms with Gasteiger partial charge in [0.1, 0.15) is 5.82 Å². The Labute approximate surface area is 104 Å². The normalized spacial score (nSPS) is 10.7. The SMILES string of the molecule is OCCc1csc(CCc2ccc(F)cc2)n1. The molecule has 0 spiro atoms. The Kier molecular flexibility index (Phi) is 4.23. The summed E-state index contributed by atoms with van der Waals surface area (Å²) in [6, 6.07) is 6.57. The first-order chi connectivity index (χ1) is 8.28. The zero-order valence-corrected chi connectivity index (χ0v) is 10.2. The Balaban J connectivity index is 1.90. The molecule has 0 atom stereocenters. The van der Waals surface area contributed by atoms with Crippen molar-refractivity contribution in [2.45, 2.75) is 19.3 Å². The summed E-state index contributed by atoms with van der Waals surface area (Å²) in [4.78, 5) is 4.42. The van der Waals surface area contributed by atoms with Crippen LogP contribution in [0.2, 0.25) is 0 Å². The molecule has 2 rings (SSSR count). The molecule has 1 N–H and O–H groups in total. The molecule has 0 amide bonds. The molecule has 0 saturated carbocycles. The molecule has 0 aliphatic carbocycles. The fourth-order valence-electron chi connectivity index (χ4n) is 1.60. The smallest absolute Gasteiger partial charge is 0.123 e. The molecule has 1 heterocycles. The minimum atomic E-state index is -0.201. The van der Waals surface area contributed by atoms with E-state index in [1.165, 1.54) is 12.1 Å². The van der Waals surface area contributed by atoms with Gasteiger partial charge in [0.05, 0.1) is 10.7 Å². The summed E-state index contributed by atoms with van der Waals surface area (Å²) in [5.41, 5.74) is 2.07. The lowest BCUT2D eigenvalue weighted by Gasteiger charge is -1.98. The predicted octanol–water partition coefficient (Wildman–Crippen LogP) is 2.60. The molecule has 0 aliphatic rings. The van der Waals surface area contributed by atoms with E-state index >= 15 is 0 Å². The lowest BCUT2D eigenvalue weighted by Crippen LogP contribution is -1.94. The average molecular weight is 251 g/mol. The van der Waals surface area contributed by atoms with E-state index in [0.29, 0.717) is 6.42 Å². The van der Waals surface area contributed by atoms with Gasteiger partial charge < -0.3 is 5.11 Å². The zero-order chi connectivity index (χ0) is 12.1. The van der Waals surface area contributed by atoms with Crippen molar-refractivity contribution in [2.75, 3.05) is 6.61 Å². The Morgan fingerprint density at radius 1 is 1.12 bits per heavy atom. The molecular formula is C13H14FNOS. The summed E-state index contributed by atoms with van der Waals surface area (Å²) in [5.74, 6) is -0.201. The van der Waals surface area contributed by atoms with E-state index in [9.17, 15) is 4.39 Å². The van der Waals surface area contributed by atoms with Crippen molar-refractivity contribution in [1.82, 2.24) is 4.98 Å². The standard InChI is InChI=1S/C13H14FNOS/c14-11-4-1-10(2-5-11)3-6-13-15-12(7-8-16)9-17-13/h1-2,4-5,9,16H,3,6-8H2. The van der Waals surface area contributed by atoms with Gasteiger partial charge in [-0.15, -0.1) is 11.3 Å². The lowest BCUT2D eigenvalue weighted by molar-refractivity contribution is 0.298. The topological polar surface area (TPSA) is 33.1 Å². The van der Waals surface area contributed by atoms with E-state index in [1.54, 1.807) is 23.5 Å². The van der Waals surface area contributed by atoms with Crippen molar-refractivity contribution < 1.29 is 9.50 Å². The molecule has 0 radical (unpaired) electrons. The molecule has 0 unspecified atom stereocenters. The number of aryl methyl sites for hydroxylation is 2. The van der Waals surface area contributed by atoms with Crippen LogP contribution in [0, 0.1) is 5.82 Å². The summed E-state index contributed by atoms with van der Waals surface area (Å²) < 4.78 is 12.7. The molecule has 1 aromatic carbocycles. The highest BCUT2D eigenvalue weighted by Crippen LogP contribution is 2.13. The quantitative estimate of drug-likeness (QED) is 0.886. The number of benzene rings is 1. The van der Waals surface area contributed by atoms with Crippen LogP contribution in [-0.4, -0.2) is 16.7 Å². The summed E-state index contributed by atoms with van der Waals surface area (Å²) in [5, 5.41) is 11.8. The second-order valence-electron chi connectivity index (χ2n) is 3.83. The minimum Gasteiger partial charge on any atom is -0.396 e. The molecule has 17 heavy (non-hydrogen) atoms. The highest BCUT2D eigenvalue weighted by Gasteiger charge is 2.02. The van der Waals surface area contributed by atoms with E-state index in [4.69, 9.17) is 5.11 Å². The number of halogens is 1. The first-order valence-corrected chi connectivity index (χ1v) is 6.44. The molecule has 0 fully saturated rings.